The van der Waals surface area contributed by atoms with Gasteiger partial charge >= 0.3 is 0 Å². The summed E-state index contributed by atoms with van der Waals surface area (Å²) < 4.78 is 19.1. The Labute approximate surface area is 131 Å². The van der Waals surface area contributed by atoms with Crippen LogP contribution in [0.1, 0.15) is 27.1 Å². The molecule has 0 spiro atoms. The number of ether oxygens (including phenoxy) is 1. The second-order valence-electron chi connectivity index (χ2n) is 4.71. The number of halogens is 3. The van der Waals surface area contributed by atoms with Gasteiger partial charge in [0.15, 0.2) is 0 Å². The van der Waals surface area contributed by atoms with Crippen LogP contribution in [0.15, 0.2) is 30.3 Å². The van der Waals surface area contributed by atoms with Gasteiger partial charge in [0.05, 0.1) is 11.9 Å². The van der Waals surface area contributed by atoms with Gasteiger partial charge in [-0.2, -0.15) is 0 Å². The zero-order valence-corrected chi connectivity index (χ0v) is 13.8. The van der Waals surface area contributed by atoms with Gasteiger partial charge < -0.3 is 4.74 Å². The van der Waals surface area contributed by atoms with Crippen LogP contribution in [0.25, 0.3) is 0 Å². The predicted octanol–water partition coefficient (Wildman–Crippen LogP) is 5.59. The molecule has 0 N–H and O–H groups in total. The van der Waals surface area contributed by atoms with Gasteiger partial charge in [-0.3, -0.25) is 0 Å². The van der Waals surface area contributed by atoms with Crippen LogP contribution >= 0.6 is 27.5 Å². The van der Waals surface area contributed by atoms with Crippen LogP contribution in [0.2, 0.25) is 5.02 Å². The van der Waals surface area contributed by atoms with Crippen molar-refractivity contribution >= 4 is 27.5 Å². The second kappa shape index (κ2) is 6.15. The van der Waals surface area contributed by atoms with Crippen LogP contribution < -0.4 is 4.74 Å². The Balaban J connectivity index is 2.46. The third kappa shape index (κ3) is 2.99. The maximum absolute atomic E-state index is 14.1. The molecule has 1 atom stereocenters. The lowest BCUT2D eigenvalue weighted by Gasteiger charge is -2.16. The van der Waals surface area contributed by atoms with Crippen LogP contribution in [-0.2, 0) is 0 Å². The summed E-state index contributed by atoms with van der Waals surface area (Å²) in [4.78, 5) is -0.291. The van der Waals surface area contributed by atoms with E-state index in [0.717, 1.165) is 16.7 Å². The van der Waals surface area contributed by atoms with Crippen molar-refractivity contribution in [2.24, 2.45) is 0 Å². The summed E-state index contributed by atoms with van der Waals surface area (Å²) in [5.74, 6) is 0.178. The lowest BCUT2D eigenvalue weighted by atomic mass is 10.00. The topological polar surface area (TPSA) is 9.23 Å². The largest absolute Gasteiger partial charge is 0.497 e. The highest BCUT2D eigenvalue weighted by atomic mass is 79.9. The summed E-state index contributed by atoms with van der Waals surface area (Å²) in [5, 5.41) is 0.630. The van der Waals surface area contributed by atoms with Crippen LogP contribution in [0.4, 0.5) is 4.39 Å². The molecule has 2 rings (SSSR count). The summed E-state index contributed by atoms with van der Waals surface area (Å²) >= 11 is 9.82. The van der Waals surface area contributed by atoms with E-state index in [2.05, 4.69) is 15.9 Å². The molecule has 0 saturated heterocycles. The molecule has 0 aliphatic heterocycles. The molecule has 20 heavy (non-hydrogen) atoms. The Kier molecular flexibility index (Phi) is 4.71. The van der Waals surface area contributed by atoms with E-state index in [1.165, 1.54) is 13.2 Å². The molecule has 0 amide bonds. The monoisotopic (exact) mass is 356 g/mol. The van der Waals surface area contributed by atoms with Gasteiger partial charge in [-0.05, 0) is 42.7 Å². The Morgan fingerprint density at radius 1 is 1.10 bits per heavy atom. The van der Waals surface area contributed by atoms with E-state index in [0.29, 0.717) is 16.3 Å². The summed E-state index contributed by atoms with van der Waals surface area (Å²) in [6.45, 7) is 4.02. The maximum atomic E-state index is 14.1. The Bertz CT molecular complexity index is 643. The lowest BCUT2D eigenvalue weighted by molar-refractivity contribution is 0.411. The Morgan fingerprint density at radius 3 is 2.35 bits per heavy atom. The number of aryl methyl sites for hydroxylation is 2. The second-order valence-corrected chi connectivity index (χ2v) is 6.03. The van der Waals surface area contributed by atoms with Gasteiger partial charge in [-0.25, -0.2) is 4.39 Å². The van der Waals surface area contributed by atoms with Gasteiger partial charge in [0.1, 0.15) is 11.6 Å². The minimum atomic E-state index is -0.319. The molecule has 0 aliphatic carbocycles. The number of rotatable bonds is 3. The highest BCUT2D eigenvalue weighted by Gasteiger charge is 2.18. The fourth-order valence-corrected chi connectivity index (χ4v) is 3.21. The highest BCUT2D eigenvalue weighted by molar-refractivity contribution is 9.09. The summed E-state index contributed by atoms with van der Waals surface area (Å²) in [6, 6.07) is 8.71. The quantitative estimate of drug-likeness (QED) is 0.651. The van der Waals surface area contributed by atoms with Crippen molar-refractivity contribution in [2.45, 2.75) is 18.7 Å². The molecule has 4 heteroatoms. The molecule has 2 aromatic carbocycles. The normalized spacial score (nSPS) is 12.3. The Hall–Kier alpha value is -1.06. The molecule has 0 bridgehead atoms. The summed E-state index contributed by atoms with van der Waals surface area (Å²) in [5.41, 5.74) is 3.64. The fourth-order valence-electron chi connectivity index (χ4n) is 2.01. The SMILES string of the molecule is COc1ccc(C(Br)c2cc(C)c(C)cc2Cl)c(F)c1. The minimum Gasteiger partial charge on any atom is -0.497 e. The maximum Gasteiger partial charge on any atom is 0.131 e. The van der Waals surface area contributed by atoms with Crippen molar-refractivity contribution in [1.82, 2.24) is 0 Å². The average Bonchev–Trinajstić information content (AvgIpc) is 2.42. The number of alkyl halides is 1. The summed E-state index contributed by atoms with van der Waals surface area (Å²) in [7, 11) is 1.51. The molecule has 1 unspecified atom stereocenters. The summed E-state index contributed by atoms with van der Waals surface area (Å²) in [6.07, 6.45) is 0. The first kappa shape index (κ1) is 15.3. The van der Waals surface area contributed by atoms with E-state index in [4.69, 9.17) is 16.3 Å². The van der Waals surface area contributed by atoms with Crippen molar-refractivity contribution in [2.75, 3.05) is 7.11 Å². The van der Waals surface area contributed by atoms with Gasteiger partial charge in [0.25, 0.3) is 0 Å². The van der Waals surface area contributed by atoms with Crippen molar-refractivity contribution in [1.29, 1.82) is 0 Å². The molecule has 106 valence electrons. The number of benzene rings is 2. The average molecular weight is 358 g/mol. The molecule has 2 aromatic rings. The Morgan fingerprint density at radius 2 is 1.75 bits per heavy atom. The first-order valence-electron chi connectivity index (χ1n) is 6.18. The zero-order valence-electron chi connectivity index (χ0n) is 11.5. The number of hydrogen-bond acceptors (Lipinski definition) is 1. The third-order valence-electron chi connectivity index (χ3n) is 3.37. The molecule has 0 heterocycles. The molecule has 0 radical (unpaired) electrons. The first-order valence-corrected chi connectivity index (χ1v) is 7.47. The minimum absolute atomic E-state index is 0.291. The first-order chi connectivity index (χ1) is 9.43. The van der Waals surface area contributed by atoms with Crippen LogP contribution in [0.3, 0.4) is 0 Å². The molecule has 0 saturated carbocycles. The van der Waals surface area contributed by atoms with Crippen LogP contribution in [-0.4, -0.2) is 7.11 Å². The van der Waals surface area contributed by atoms with Crippen molar-refractivity contribution in [3.63, 3.8) is 0 Å². The van der Waals surface area contributed by atoms with E-state index < -0.39 is 0 Å². The lowest BCUT2D eigenvalue weighted by Crippen LogP contribution is -1.99. The van der Waals surface area contributed by atoms with Gasteiger partial charge in [0.2, 0.25) is 0 Å². The van der Waals surface area contributed by atoms with E-state index in [9.17, 15) is 4.39 Å². The van der Waals surface area contributed by atoms with E-state index in [1.807, 2.05) is 26.0 Å². The van der Waals surface area contributed by atoms with E-state index in [-0.39, 0.29) is 10.6 Å². The molecule has 1 nitrogen and oxygen atoms in total. The zero-order chi connectivity index (χ0) is 14.9. The standard InChI is InChI=1S/C16H15BrClFO/c1-9-6-13(14(18)7-10(9)2)16(17)12-5-4-11(20-3)8-15(12)19/h4-8,16H,1-3H3. The molecule has 0 fully saturated rings. The van der Waals surface area contributed by atoms with E-state index in [1.54, 1.807) is 12.1 Å². The molecule has 0 aromatic heterocycles. The molecular formula is C16H15BrClFO. The highest BCUT2D eigenvalue weighted by Crippen LogP contribution is 2.38. The van der Waals surface area contributed by atoms with Crippen molar-refractivity contribution in [3.8, 4) is 5.75 Å². The van der Waals surface area contributed by atoms with E-state index >= 15 is 0 Å². The fraction of sp³-hybridized carbons (Fsp3) is 0.250. The van der Waals surface area contributed by atoms with Crippen LogP contribution in [0, 0.1) is 19.7 Å². The van der Waals surface area contributed by atoms with Crippen LogP contribution in [0.5, 0.6) is 5.75 Å². The predicted molar refractivity (Wildman–Crippen MR) is 84.6 cm³/mol. The van der Waals surface area contributed by atoms with Gasteiger partial charge in [-0.15, -0.1) is 0 Å². The van der Waals surface area contributed by atoms with Crippen molar-refractivity contribution in [3.05, 3.63) is 63.4 Å². The van der Waals surface area contributed by atoms with Gasteiger partial charge in [-0.1, -0.05) is 39.7 Å². The molecular weight excluding hydrogens is 343 g/mol. The molecule has 0 aliphatic rings. The van der Waals surface area contributed by atoms with Crippen molar-refractivity contribution < 1.29 is 9.13 Å². The third-order valence-corrected chi connectivity index (χ3v) is 4.68. The smallest absolute Gasteiger partial charge is 0.131 e. The number of hydrogen-bond donors (Lipinski definition) is 0. The van der Waals surface area contributed by atoms with Gasteiger partial charge in [0, 0.05) is 16.7 Å². The number of methoxy groups -OCH3 is 1.